The Kier molecular flexibility index (Phi) is 5.35. The fraction of sp³-hybridized carbons (Fsp3) is 0.462. The highest BCUT2D eigenvalue weighted by Gasteiger charge is 2.11. The Balaban J connectivity index is 2.68. The van der Waals surface area contributed by atoms with E-state index in [0.29, 0.717) is 11.4 Å². The zero-order chi connectivity index (χ0) is 14.5. The third-order valence-corrected chi connectivity index (χ3v) is 3.17. The number of amides is 1. The van der Waals surface area contributed by atoms with E-state index in [1.54, 1.807) is 18.2 Å². The summed E-state index contributed by atoms with van der Waals surface area (Å²) >= 11 is 0. The highest BCUT2D eigenvalue weighted by molar-refractivity contribution is 7.90. The Hall–Kier alpha value is -1.56. The second kappa shape index (κ2) is 6.56. The molecule has 106 valence electrons. The number of hydrogen-bond acceptors (Lipinski definition) is 4. The number of ether oxygens (including phenoxy) is 1. The first-order valence-electron chi connectivity index (χ1n) is 6.01. The first-order valence-corrected chi connectivity index (χ1v) is 8.07. The lowest BCUT2D eigenvalue weighted by Gasteiger charge is -2.14. The number of nitrogens with one attached hydrogen (secondary N) is 1. The molecule has 1 aromatic rings. The Morgan fingerprint density at radius 3 is 2.53 bits per heavy atom. The van der Waals surface area contributed by atoms with Crippen molar-refractivity contribution >= 4 is 21.4 Å². The van der Waals surface area contributed by atoms with Crippen LogP contribution in [0.4, 0.5) is 5.69 Å². The van der Waals surface area contributed by atoms with Crippen molar-refractivity contribution in [2.24, 2.45) is 0 Å². The van der Waals surface area contributed by atoms with Gasteiger partial charge in [0, 0.05) is 12.7 Å². The molecule has 0 aliphatic carbocycles. The van der Waals surface area contributed by atoms with Gasteiger partial charge in [-0.05, 0) is 26.0 Å². The zero-order valence-electron chi connectivity index (χ0n) is 11.3. The van der Waals surface area contributed by atoms with Gasteiger partial charge in [0.25, 0.3) is 0 Å². The third-order valence-electron chi connectivity index (χ3n) is 2.22. The molecule has 0 heterocycles. The van der Waals surface area contributed by atoms with Crippen LogP contribution < -0.4 is 10.1 Å². The van der Waals surface area contributed by atoms with Crippen molar-refractivity contribution in [3.05, 3.63) is 24.3 Å². The molecule has 0 fully saturated rings. The molecule has 0 spiro atoms. The van der Waals surface area contributed by atoms with Gasteiger partial charge >= 0.3 is 0 Å². The molecule has 1 aromatic carbocycles. The van der Waals surface area contributed by atoms with Crippen LogP contribution in [-0.4, -0.2) is 32.4 Å². The van der Waals surface area contributed by atoms with E-state index in [4.69, 9.17) is 4.74 Å². The maximum atomic E-state index is 11.7. The standard InChI is InChI=1S/C13H19NO4S/c1-10(2)18-12-7-5-4-6-11(12)14-13(15)8-9-19(3,16)17/h4-7,10H,8-9H2,1-3H3,(H,14,15). The van der Waals surface area contributed by atoms with Crippen molar-refractivity contribution in [2.45, 2.75) is 26.4 Å². The van der Waals surface area contributed by atoms with E-state index >= 15 is 0 Å². The molecule has 0 atom stereocenters. The summed E-state index contributed by atoms with van der Waals surface area (Å²) in [5.41, 5.74) is 0.551. The number of para-hydroxylation sites is 2. The molecule has 0 aliphatic rings. The number of sulfone groups is 1. The first kappa shape index (κ1) is 15.5. The molecule has 6 heteroatoms. The molecule has 1 rings (SSSR count). The first-order chi connectivity index (χ1) is 8.78. The minimum atomic E-state index is -3.13. The van der Waals surface area contributed by atoms with E-state index in [9.17, 15) is 13.2 Å². The van der Waals surface area contributed by atoms with Crippen LogP contribution in [0.5, 0.6) is 5.75 Å². The van der Waals surface area contributed by atoms with E-state index in [-0.39, 0.29) is 24.2 Å². The molecule has 5 nitrogen and oxygen atoms in total. The zero-order valence-corrected chi connectivity index (χ0v) is 12.2. The molecule has 1 amide bonds. The topological polar surface area (TPSA) is 72.5 Å². The van der Waals surface area contributed by atoms with Crippen LogP contribution in [0.15, 0.2) is 24.3 Å². The van der Waals surface area contributed by atoms with Crippen LogP contribution in [0.3, 0.4) is 0 Å². The summed E-state index contributed by atoms with van der Waals surface area (Å²) in [6, 6.07) is 7.06. The van der Waals surface area contributed by atoms with Crippen LogP contribution in [0.1, 0.15) is 20.3 Å². The van der Waals surface area contributed by atoms with Gasteiger partial charge in [0.2, 0.25) is 5.91 Å². The lowest BCUT2D eigenvalue weighted by atomic mass is 10.2. The maximum absolute atomic E-state index is 11.7. The van der Waals surface area contributed by atoms with Crippen LogP contribution in [-0.2, 0) is 14.6 Å². The number of benzene rings is 1. The second-order valence-corrected chi connectivity index (χ2v) is 6.85. The molecule has 0 unspecified atom stereocenters. The van der Waals surface area contributed by atoms with Crippen molar-refractivity contribution < 1.29 is 17.9 Å². The van der Waals surface area contributed by atoms with Crippen molar-refractivity contribution in [1.82, 2.24) is 0 Å². The summed E-state index contributed by atoms with van der Waals surface area (Å²) in [6.07, 6.45) is 1.04. The lowest BCUT2D eigenvalue weighted by Crippen LogP contribution is -2.17. The predicted octanol–water partition coefficient (Wildman–Crippen LogP) is 1.85. The molecular weight excluding hydrogens is 266 g/mol. The molecule has 0 bridgehead atoms. The quantitative estimate of drug-likeness (QED) is 0.865. The number of carbonyl (C=O) groups is 1. The minimum Gasteiger partial charge on any atom is -0.489 e. The second-order valence-electron chi connectivity index (χ2n) is 4.59. The molecule has 19 heavy (non-hydrogen) atoms. The van der Waals surface area contributed by atoms with Gasteiger partial charge in [-0.3, -0.25) is 4.79 Å². The van der Waals surface area contributed by atoms with E-state index in [0.717, 1.165) is 6.26 Å². The SMILES string of the molecule is CC(C)Oc1ccccc1NC(=O)CCS(C)(=O)=O. The summed E-state index contributed by atoms with van der Waals surface area (Å²) in [7, 11) is -3.13. The van der Waals surface area contributed by atoms with Gasteiger partial charge in [-0.25, -0.2) is 8.42 Å². The van der Waals surface area contributed by atoms with Gasteiger partial charge in [0.1, 0.15) is 15.6 Å². The summed E-state index contributed by atoms with van der Waals surface area (Å²) in [5.74, 6) is 0.0712. The van der Waals surface area contributed by atoms with E-state index in [1.807, 2.05) is 19.9 Å². The average Bonchev–Trinajstić information content (AvgIpc) is 2.27. The fourth-order valence-corrected chi connectivity index (χ4v) is 1.97. The maximum Gasteiger partial charge on any atom is 0.225 e. The van der Waals surface area contributed by atoms with Crippen LogP contribution in [0.2, 0.25) is 0 Å². The number of anilines is 1. The molecule has 0 aromatic heterocycles. The van der Waals surface area contributed by atoms with Crippen LogP contribution in [0, 0.1) is 0 Å². The van der Waals surface area contributed by atoms with E-state index in [2.05, 4.69) is 5.32 Å². The molecular formula is C13H19NO4S. The van der Waals surface area contributed by atoms with Crippen molar-refractivity contribution in [2.75, 3.05) is 17.3 Å². The van der Waals surface area contributed by atoms with Gasteiger partial charge in [-0.1, -0.05) is 12.1 Å². The van der Waals surface area contributed by atoms with Crippen LogP contribution >= 0.6 is 0 Å². The number of hydrogen-bond donors (Lipinski definition) is 1. The summed E-state index contributed by atoms with van der Waals surface area (Å²) in [5, 5.41) is 2.66. The Morgan fingerprint density at radius 2 is 1.95 bits per heavy atom. The van der Waals surface area contributed by atoms with Crippen LogP contribution in [0.25, 0.3) is 0 Å². The normalized spacial score (nSPS) is 11.4. The van der Waals surface area contributed by atoms with Crippen molar-refractivity contribution in [1.29, 1.82) is 0 Å². The predicted molar refractivity (Wildman–Crippen MR) is 75.2 cm³/mol. The highest BCUT2D eigenvalue weighted by atomic mass is 32.2. The summed E-state index contributed by atoms with van der Waals surface area (Å²) < 4.78 is 27.6. The minimum absolute atomic E-state index is 0.00549. The van der Waals surface area contributed by atoms with Gasteiger partial charge < -0.3 is 10.1 Å². The highest BCUT2D eigenvalue weighted by Crippen LogP contribution is 2.24. The number of rotatable bonds is 6. The Bertz CT molecular complexity index is 537. The molecule has 0 saturated carbocycles. The summed E-state index contributed by atoms with van der Waals surface area (Å²) in [4.78, 5) is 11.7. The van der Waals surface area contributed by atoms with E-state index in [1.165, 1.54) is 0 Å². The van der Waals surface area contributed by atoms with Crippen molar-refractivity contribution in [3.8, 4) is 5.75 Å². The monoisotopic (exact) mass is 285 g/mol. The molecule has 1 N–H and O–H groups in total. The largest absolute Gasteiger partial charge is 0.489 e. The Labute approximate surface area is 113 Å². The molecule has 0 aliphatic heterocycles. The third kappa shape index (κ3) is 6.24. The van der Waals surface area contributed by atoms with Gasteiger partial charge in [0.05, 0.1) is 17.5 Å². The summed E-state index contributed by atoms with van der Waals surface area (Å²) in [6.45, 7) is 3.78. The lowest BCUT2D eigenvalue weighted by molar-refractivity contribution is -0.115. The molecule has 0 saturated heterocycles. The van der Waals surface area contributed by atoms with Crippen molar-refractivity contribution in [3.63, 3.8) is 0 Å². The van der Waals surface area contributed by atoms with Gasteiger partial charge in [-0.15, -0.1) is 0 Å². The smallest absolute Gasteiger partial charge is 0.225 e. The van der Waals surface area contributed by atoms with Gasteiger partial charge in [0.15, 0.2) is 0 Å². The average molecular weight is 285 g/mol. The Morgan fingerprint density at radius 1 is 1.32 bits per heavy atom. The fourth-order valence-electron chi connectivity index (χ4n) is 1.42. The van der Waals surface area contributed by atoms with Gasteiger partial charge in [-0.2, -0.15) is 0 Å². The van der Waals surface area contributed by atoms with E-state index < -0.39 is 9.84 Å². The molecule has 0 radical (unpaired) electrons. The number of carbonyl (C=O) groups excluding carboxylic acids is 1.